The van der Waals surface area contributed by atoms with Crippen LogP contribution < -0.4 is 5.32 Å². The second kappa shape index (κ2) is 5.26. The van der Waals surface area contributed by atoms with Crippen molar-refractivity contribution in [2.45, 2.75) is 23.8 Å². The minimum atomic E-state index is -3.53. The van der Waals surface area contributed by atoms with Crippen LogP contribution in [0.5, 0.6) is 0 Å². The first kappa shape index (κ1) is 13.3. The van der Waals surface area contributed by atoms with E-state index in [0.29, 0.717) is 25.1 Å². The SMILES string of the molecule is CNc1ccccc1S(=O)(=O)N1CCCC(O)C1. The molecule has 1 unspecified atom stereocenters. The van der Waals surface area contributed by atoms with Crippen molar-refractivity contribution in [3.05, 3.63) is 24.3 Å². The van der Waals surface area contributed by atoms with Gasteiger partial charge in [0.05, 0.1) is 11.8 Å². The summed E-state index contributed by atoms with van der Waals surface area (Å²) < 4.78 is 26.3. The second-order valence-corrected chi connectivity index (χ2v) is 6.31. The number of sulfonamides is 1. The molecule has 1 heterocycles. The maximum absolute atomic E-state index is 12.5. The lowest BCUT2D eigenvalue weighted by Gasteiger charge is -2.29. The zero-order chi connectivity index (χ0) is 13.2. The van der Waals surface area contributed by atoms with E-state index in [9.17, 15) is 13.5 Å². The molecule has 1 aliphatic heterocycles. The molecular weight excluding hydrogens is 252 g/mol. The fourth-order valence-corrected chi connectivity index (χ4v) is 3.89. The summed E-state index contributed by atoms with van der Waals surface area (Å²) in [5, 5.41) is 12.5. The Labute approximate surface area is 107 Å². The number of β-amino-alcohol motifs (C(OH)–C–C–N with tert-alkyl or cyclic N) is 1. The molecule has 1 saturated heterocycles. The zero-order valence-electron chi connectivity index (χ0n) is 10.3. The monoisotopic (exact) mass is 270 g/mol. The van der Waals surface area contributed by atoms with Gasteiger partial charge in [-0.05, 0) is 25.0 Å². The van der Waals surface area contributed by atoms with Crippen molar-refractivity contribution in [2.75, 3.05) is 25.5 Å². The first-order valence-electron chi connectivity index (χ1n) is 6.00. The summed E-state index contributed by atoms with van der Waals surface area (Å²) in [4.78, 5) is 0.265. The number of anilines is 1. The molecule has 1 aromatic carbocycles. The molecule has 2 N–H and O–H groups in total. The number of hydrogen-bond donors (Lipinski definition) is 2. The molecule has 1 atom stereocenters. The van der Waals surface area contributed by atoms with Crippen molar-refractivity contribution in [2.24, 2.45) is 0 Å². The maximum atomic E-state index is 12.5. The molecule has 18 heavy (non-hydrogen) atoms. The molecule has 6 heteroatoms. The highest BCUT2D eigenvalue weighted by Gasteiger charge is 2.30. The number of hydrogen-bond acceptors (Lipinski definition) is 4. The quantitative estimate of drug-likeness (QED) is 0.855. The van der Waals surface area contributed by atoms with E-state index >= 15 is 0 Å². The first-order chi connectivity index (χ1) is 8.55. The van der Waals surface area contributed by atoms with Gasteiger partial charge in [-0.25, -0.2) is 8.42 Å². The molecule has 100 valence electrons. The number of nitrogens with one attached hydrogen (secondary N) is 1. The summed E-state index contributed by atoms with van der Waals surface area (Å²) in [6, 6.07) is 6.80. The second-order valence-electron chi connectivity index (χ2n) is 4.41. The molecule has 0 bridgehead atoms. The molecule has 1 aliphatic rings. The van der Waals surface area contributed by atoms with Gasteiger partial charge < -0.3 is 10.4 Å². The highest BCUT2D eigenvalue weighted by molar-refractivity contribution is 7.89. The summed E-state index contributed by atoms with van der Waals surface area (Å²) in [5.41, 5.74) is 0.581. The van der Waals surface area contributed by atoms with E-state index in [4.69, 9.17) is 0 Å². The number of aliphatic hydroxyl groups excluding tert-OH is 1. The molecule has 0 amide bonds. The Hall–Kier alpha value is -1.11. The van der Waals surface area contributed by atoms with Gasteiger partial charge in [-0.3, -0.25) is 0 Å². The van der Waals surface area contributed by atoms with E-state index in [1.165, 1.54) is 4.31 Å². The highest BCUT2D eigenvalue weighted by atomic mass is 32.2. The topological polar surface area (TPSA) is 69.6 Å². The smallest absolute Gasteiger partial charge is 0.245 e. The van der Waals surface area contributed by atoms with Crippen LogP contribution in [0.25, 0.3) is 0 Å². The predicted octanol–water partition coefficient (Wildman–Crippen LogP) is 0.874. The van der Waals surface area contributed by atoms with E-state index < -0.39 is 16.1 Å². The van der Waals surface area contributed by atoms with Crippen molar-refractivity contribution < 1.29 is 13.5 Å². The normalized spacial score (nSPS) is 21.8. The van der Waals surface area contributed by atoms with E-state index in [2.05, 4.69) is 5.32 Å². The third-order valence-electron chi connectivity index (χ3n) is 3.13. The van der Waals surface area contributed by atoms with Crippen LogP contribution in [0.4, 0.5) is 5.69 Å². The molecule has 2 rings (SSSR count). The third kappa shape index (κ3) is 2.50. The fourth-order valence-electron chi connectivity index (χ4n) is 2.18. The predicted molar refractivity (Wildman–Crippen MR) is 70.0 cm³/mol. The van der Waals surface area contributed by atoms with Gasteiger partial charge in [0, 0.05) is 20.1 Å². The van der Waals surface area contributed by atoms with Crippen LogP contribution >= 0.6 is 0 Å². The summed E-state index contributed by atoms with van der Waals surface area (Å²) in [7, 11) is -1.83. The van der Waals surface area contributed by atoms with Gasteiger partial charge in [0.15, 0.2) is 0 Å². The summed E-state index contributed by atoms with van der Waals surface area (Å²) in [5.74, 6) is 0. The Kier molecular flexibility index (Phi) is 3.89. The lowest BCUT2D eigenvalue weighted by atomic mass is 10.1. The van der Waals surface area contributed by atoms with Gasteiger partial charge in [-0.15, -0.1) is 0 Å². The first-order valence-corrected chi connectivity index (χ1v) is 7.44. The van der Waals surface area contributed by atoms with Gasteiger partial charge >= 0.3 is 0 Å². The lowest BCUT2D eigenvalue weighted by molar-refractivity contribution is 0.108. The number of aliphatic hydroxyl groups is 1. The summed E-state index contributed by atoms with van der Waals surface area (Å²) >= 11 is 0. The summed E-state index contributed by atoms with van der Waals surface area (Å²) in [6.45, 7) is 0.651. The van der Waals surface area contributed by atoms with Crippen LogP contribution in [-0.4, -0.2) is 44.1 Å². The maximum Gasteiger partial charge on any atom is 0.245 e. The van der Waals surface area contributed by atoms with E-state index in [1.807, 2.05) is 0 Å². The summed E-state index contributed by atoms with van der Waals surface area (Å²) in [6.07, 6.45) is 0.803. The Morgan fingerprint density at radius 1 is 1.39 bits per heavy atom. The largest absolute Gasteiger partial charge is 0.392 e. The minimum absolute atomic E-state index is 0.181. The average molecular weight is 270 g/mol. The Morgan fingerprint density at radius 3 is 2.78 bits per heavy atom. The van der Waals surface area contributed by atoms with E-state index in [0.717, 1.165) is 0 Å². The van der Waals surface area contributed by atoms with Gasteiger partial charge in [0.2, 0.25) is 10.0 Å². The Morgan fingerprint density at radius 2 is 2.11 bits per heavy atom. The van der Waals surface area contributed by atoms with Crippen LogP contribution in [0.1, 0.15) is 12.8 Å². The van der Waals surface area contributed by atoms with Crippen molar-refractivity contribution in [3.8, 4) is 0 Å². The Bertz CT molecular complexity index is 516. The number of para-hydroxylation sites is 1. The fraction of sp³-hybridized carbons (Fsp3) is 0.500. The molecule has 5 nitrogen and oxygen atoms in total. The molecule has 1 fully saturated rings. The van der Waals surface area contributed by atoms with Crippen LogP contribution in [0.3, 0.4) is 0 Å². The molecule has 0 aliphatic carbocycles. The van der Waals surface area contributed by atoms with Gasteiger partial charge in [0.25, 0.3) is 0 Å². The van der Waals surface area contributed by atoms with Gasteiger partial charge in [0.1, 0.15) is 4.90 Å². The molecule has 0 aromatic heterocycles. The Balaban J connectivity index is 2.35. The van der Waals surface area contributed by atoms with Crippen molar-refractivity contribution >= 4 is 15.7 Å². The molecule has 0 radical (unpaired) electrons. The zero-order valence-corrected chi connectivity index (χ0v) is 11.2. The van der Waals surface area contributed by atoms with Crippen LogP contribution in [0.15, 0.2) is 29.2 Å². The van der Waals surface area contributed by atoms with Gasteiger partial charge in [-0.1, -0.05) is 12.1 Å². The number of nitrogens with zero attached hydrogens (tertiary/aromatic N) is 1. The molecule has 1 aromatic rings. The van der Waals surface area contributed by atoms with Crippen molar-refractivity contribution in [1.29, 1.82) is 0 Å². The number of benzene rings is 1. The highest BCUT2D eigenvalue weighted by Crippen LogP contribution is 2.26. The van der Waals surface area contributed by atoms with Gasteiger partial charge in [-0.2, -0.15) is 4.31 Å². The molecular formula is C12H18N2O3S. The van der Waals surface area contributed by atoms with E-state index in [-0.39, 0.29) is 11.4 Å². The van der Waals surface area contributed by atoms with E-state index in [1.54, 1.807) is 31.3 Å². The molecule has 0 spiro atoms. The third-order valence-corrected chi connectivity index (χ3v) is 5.06. The number of rotatable bonds is 3. The van der Waals surface area contributed by atoms with Crippen LogP contribution in [0.2, 0.25) is 0 Å². The van der Waals surface area contributed by atoms with Crippen LogP contribution in [-0.2, 0) is 10.0 Å². The lowest BCUT2D eigenvalue weighted by Crippen LogP contribution is -2.42. The van der Waals surface area contributed by atoms with Crippen molar-refractivity contribution in [1.82, 2.24) is 4.31 Å². The minimum Gasteiger partial charge on any atom is -0.392 e. The standard InChI is InChI=1S/C12H18N2O3S/c1-13-11-6-2-3-7-12(11)18(16,17)14-8-4-5-10(15)9-14/h2-3,6-7,10,13,15H,4-5,8-9H2,1H3. The van der Waals surface area contributed by atoms with Crippen molar-refractivity contribution in [3.63, 3.8) is 0 Å². The molecule has 0 saturated carbocycles. The number of piperidine rings is 1. The average Bonchev–Trinajstić information content (AvgIpc) is 2.38. The van der Waals surface area contributed by atoms with Crippen LogP contribution in [0, 0.1) is 0 Å².